The van der Waals surface area contributed by atoms with Crippen molar-refractivity contribution < 1.29 is 14.6 Å². The number of carboxylic acid groups (broad SMARTS) is 1. The fourth-order valence-corrected chi connectivity index (χ4v) is 2.02. The molecule has 0 aliphatic carbocycles. The third kappa shape index (κ3) is 3.47. The van der Waals surface area contributed by atoms with E-state index < -0.39 is 5.97 Å². The Hall–Kier alpha value is -1.16. The molecule has 0 spiro atoms. The van der Waals surface area contributed by atoms with Crippen LogP contribution in [0.5, 0.6) is 5.75 Å². The summed E-state index contributed by atoms with van der Waals surface area (Å²) >= 11 is 1.36. The van der Waals surface area contributed by atoms with Crippen molar-refractivity contribution >= 4 is 17.7 Å². The first kappa shape index (κ1) is 11.9. The van der Waals surface area contributed by atoms with Crippen LogP contribution in [-0.4, -0.2) is 23.4 Å². The van der Waals surface area contributed by atoms with Gasteiger partial charge in [0.05, 0.1) is 7.11 Å². The van der Waals surface area contributed by atoms with Gasteiger partial charge in [-0.3, -0.25) is 4.79 Å². The number of carbonyl (C=O) groups is 1. The molecule has 1 aromatic carbocycles. The van der Waals surface area contributed by atoms with Crippen LogP contribution in [-0.2, 0) is 4.79 Å². The molecule has 3 nitrogen and oxygen atoms in total. The highest BCUT2D eigenvalue weighted by Crippen LogP contribution is 2.27. The summed E-state index contributed by atoms with van der Waals surface area (Å²) in [5.41, 5.74) is 0. The minimum Gasteiger partial charge on any atom is -0.497 e. The van der Waals surface area contributed by atoms with Gasteiger partial charge in [0.2, 0.25) is 0 Å². The molecule has 0 amide bonds. The van der Waals surface area contributed by atoms with Gasteiger partial charge < -0.3 is 9.84 Å². The molecular formula is C11H14O3S. The van der Waals surface area contributed by atoms with Crippen molar-refractivity contribution in [2.75, 3.05) is 7.11 Å². The molecule has 4 heteroatoms. The molecule has 1 N–H and O–H groups in total. The molecule has 0 aromatic heterocycles. The van der Waals surface area contributed by atoms with E-state index in [2.05, 4.69) is 0 Å². The van der Waals surface area contributed by atoms with E-state index in [1.165, 1.54) is 11.8 Å². The number of hydrogen-bond acceptors (Lipinski definition) is 3. The number of thioether (sulfide) groups is 1. The average Bonchev–Trinajstić information content (AvgIpc) is 2.26. The molecule has 0 saturated carbocycles. The fourth-order valence-electron chi connectivity index (χ4n) is 1.13. The summed E-state index contributed by atoms with van der Waals surface area (Å²) in [6.45, 7) is 1.87. The Morgan fingerprint density at radius 2 is 2.07 bits per heavy atom. The second-order valence-electron chi connectivity index (χ2n) is 3.03. The Kier molecular flexibility index (Phi) is 4.49. The summed E-state index contributed by atoms with van der Waals surface area (Å²) in [5, 5.41) is 8.51. The minimum atomic E-state index is -0.765. The Labute approximate surface area is 93.4 Å². The summed E-state index contributed by atoms with van der Waals surface area (Å²) in [6.07, 6.45) is 0.617. The number of ether oxygens (including phenoxy) is 1. The Morgan fingerprint density at radius 1 is 1.47 bits per heavy atom. The van der Waals surface area contributed by atoms with Crippen molar-refractivity contribution in [1.29, 1.82) is 0 Å². The number of hydrogen-bond donors (Lipinski definition) is 1. The predicted octanol–water partition coefficient (Wildman–Crippen LogP) is 2.65. The zero-order chi connectivity index (χ0) is 11.3. The zero-order valence-electron chi connectivity index (χ0n) is 8.77. The molecule has 0 fully saturated rings. The number of methoxy groups -OCH3 is 1. The monoisotopic (exact) mass is 226 g/mol. The number of carboxylic acids is 1. The summed E-state index contributed by atoms with van der Waals surface area (Å²) in [5.74, 6) is 0.0149. The number of aliphatic carboxylic acids is 1. The molecule has 1 unspecified atom stereocenters. The van der Waals surface area contributed by atoms with Gasteiger partial charge in [0.1, 0.15) is 11.0 Å². The normalized spacial score (nSPS) is 12.1. The minimum absolute atomic E-state index is 0.376. The van der Waals surface area contributed by atoms with Gasteiger partial charge in [-0.25, -0.2) is 0 Å². The molecule has 1 atom stereocenters. The van der Waals surface area contributed by atoms with Gasteiger partial charge in [-0.1, -0.05) is 6.92 Å². The molecule has 82 valence electrons. The van der Waals surface area contributed by atoms with Crippen LogP contribution in [0.2, 0.25) is 0 Å². The van der Waals surface area contributed by atoms with Crippen molar-refractivity contribution in [3.63, 3.8) is 0 Å². The molecule has 0 aliphatic heterocycles. The first-order valence-electron chi connectivity index (χ1n) is 4.71. The van der Waals surface area contributed by atoms with Crippen LogP contribution in [0.3, 0.4) is 0 Å². The van der Waals surface area contributed by atoms with Crippen LogP contribution in [0.25, 0.3) is 0 Å². The van der Waals surface area contributed by atoms with Crippen LogP contribution in [0.4, 0.5) is 0 Å². The van der Waals surface area contributed by atoms with Crippen molar-refractivity contribution in [3.8, 4) is 5.75 Å². The second-order valence-corrected chi connectivity index (χ2v) is 4.30. The Morgan fingerprint density at radius 3 is 2.47 bits per heavy atom. The maximum Gasteiger partial charge on any atom is 0.316 e. The van der Waals surface area contributed by atoms with E-state index in [9.17, 15) is 4.79 Å². The molecule has 1 aromatic rings. The quantitative estimate of drug-likeness (QED) is 0.784. The molecule has 1 rings (SSSR count). The highest BCUT2D eigenvalue weighted by atomic mass is 32.2. The molecular weight excluding hydrogens is 212 g/mol. The van der Waals surface area contributed by atoms with Crippen molar-refractivity contribution in [2.24, 2.45) is 0 Å². The van der Waals surface area contributed by atoms with Gasteiger partial charge in [0, 0.05) is 4.90 Å². The maximum absolute atomic E-state index is 10.8. The maximum atomic E-state index is 10.8. The van der Waals surface area contributed by atoms with Crippen molar-refractivity contribution in [3.05, 3.63) is 24.3 Å². The average molecular weight is 226 g/mol. The van der Waals surface area contributed by atoms with Crippen LogP contribution in [0.15, 0.2) is 29.2 Å². The Balaban J connectivity index is 2.67. The summed E-state index contributed by atoms with van der Waals surface area (Å²) < 4.78 is 5.02. The lowest BCUT2D eigenvalue weighted by molar-refractivity contribution is -0.136. The van der Waals surface area contributed by atoms with Crippen LogP contribution >= 0.6 is 11.8 Å². The van der Waals surface area contributed by atoms with Crippen LogP contribution in [0, 0.1) is 0 Å². The Bertz CT molecular complexity index is 321. The molecule has 15 heavy (non-hydrogen) atoms. The van der Waals surface area contributed by atoms with E-state index in [0.717, 1.165) is 10.6 Å². The lowest BCUT2D eigenvalue weighted by Crippen LogP contribution is -2.14. The standard InChI is InChI=1S/C11H14O3S/c1-3-10(11(12)13)15-9-6-4-8(14-2)5-7-9/h4-7,10H,3H2,1-2H3,(H,12,13). The lowest BCUT2D eigenvalue weighted by atomic mass is 10.3. The van der Waals surface area contributed by atoms with Crippen molar-refractivity contribution in [1.82, 2.24) is 0 Å². The largest absolute Gasteiger partial charge is 0.497 e. The third-order valence-electron chi connectivity index (χ3n) is 1.98. The third-order valence-corrected chi connectivity index (χ3v) is 3.35. The van der Waals surface area contributed by atoms with E-state index in [1.807, 2.05) is 31.2 Å². The van der Waals surface area contributed by atoms with Gasteiger partial charge >= 0.3 is 5.97 Å². The van der Waals surface area contributed by atoms with E-state index in [0.29, 0.717) is 6.42 Å². The summed E-state index contributed by atoms with van der Waals surface area (Å²) in [4.78, 5) is 11.8. The zero-order valence-corrected chi connectivity index (χ0v) is 9.58. The van der Waals surface area contributed by atoms with Gasteiger partial charge in [0.15, 0.2) is 0 Å². The number of benzene rings is 1. The van der Waals surface area contributed by atoms with Crippen LogP contribution < -0.4 is 4.74 Å². The van der Waals surface area contributed by atoms with Gasteiger partial charge in [0.25, 0.3) is 0 Å². The molecule has 0 saturated heterocycles. The number of rotatable bonds is 5. The summed E-state index contributed by atoms with van der Waals surface area (Å²) in [7, 11) is 1.61. The van der Waals surface area contributed by atoms with Gasteiger partial charge in [-0.2, -0.15) is 0 Å². The molecule has 0 heterocycles. The molecule has 0 aliphatic rings. The second kappa shape index (κ2) is 5.66. The summed E-state index contributed by atoms with van der Waals surface area (Å²) in [6, 6.07) is 7.40. The SMILES string of the molecule is CCC(Sc1ccc(OC)cc1)C(=O)O. The van der Waals surface area contributed by atoms with Crippen LogP contribution in [0.1, 0.15) is 13.3 Å². The smallest absolute Gasteiger partial charge is 0.316 e. The fraction of sp³-hybridized carbons (Fsp3) is 0.364. The highest BCUT2D eigenvalue weighted by molar-refractivity contribution is 8.00. The van der Waals surface area contributed by atoms with E-state index in [-0.39, 0.29) is 5.25 Å². The first-order valence-corrected chi connectivity index (χ1v) is 5.58. The lowest BCUT2D eigenvalue weighted by Gasteiger charge is -2.09. The van der Waals surface area contributed by atoms with Crippen molar-refractivity contribution in [2.45, 2.75) is 23.5 Å². The van der Waals surface area contributed by atoms with Gasteiger partial charge in [-0.05, 0) is 30.7 Å². The van der Waals surface area contributed by atoms with Gasteiger partial charge in [-0.15, -0.1) is 11.8 Å². The molecule has 0 bridgehead atoms. The predicted molar refractivity (Wildman–Crippen MR) is 60.6 cm³/mol. The van der Waals surface area contributed by atoms with E-state index >= 15 is 0 Å². The first-order chi connectivity index (χ1) is 7.17. The van der Waals surface area contributed by atoms with E-state index in [4.69, 9.17) is 9.84 Å². The topological polar surface area (TPSA) is 46.5 Å². The molecule has 0 radical (unpaired) electrons. The highest BCUT2D eigenvalue weighted by Gasteiger charge is 2.15. The van der Waals surface area contributed by atoms with E-state index in [1.54, 1.807) is 7.11 Å².